The highest BCUT2D eigenvalue weighted by Gasteiger charge is 2.46. The molecule has 14 nitrogen and oxygen atoms in total. The second kappa shape index (κ2) is 27.9. The summed E-state index contributed by atoms with van der Waals surface area (Å²) in [5, 5.41) is 11.4. The van der Waals surface area contributed by atoms with Crippen molar-refractivity contribution in [3.63, 3.8) is 0 Å². The van der Waals surface area contributed by atoms with Gasteiger partial charge in [0, 0.05) is 75.3 Å². The van der Waals surface area contributed by atoms with Gasteiger partial charge >= 0.3 is 24.2 Å². The highest BCUT2D eigenvalue weighted by molar-refractivity contribution is 5.91. The maximum absolute atomic E-state index is 14.3. The number of nitrogens with one attached hydrogen (secondary N) is 4. The van der Waals surface area contributed by atoms with E-state index in [1.807, 2.05) is 0 Å². The molecule has 2 aliphatic heterocycles. The van der Waals surface area contributed by atoms with Crippen LogP contribution in [0.2, 0.25) is 0 Å². The summed E-state index contributed by atoms with van der Waals surface area (Å²) in [7, 11) is 3.19. The third kappa shape index (κ3) is 17.1. The second-order valence-corrected chi connectivity index (χ2v) is 19.8. The van der Waals surface area contributed by atoms with Crippen LogP contribution in [-0.4, -0.2) is 157 Å². The number of likely N-dealkylation sites (tertiary alicyclic amines) is 2. The lowest BCUT2D eigenvalue weighted by Crippen LogP contribution is -2.56. The Hall–Kier alpha value is -7.24. The molecule has 2 heterocycles. The van der Waals surface area contributed by atoms with Crippen LogP contribution in [0.4, 0.5) is 26.3 Å². The Bertz CT molecular complexity index is 2540. The van der Waals surface area contributed by atoms with Gasteiger partial charge in [0.15, 0.2) is 0 Å². The number of nitrogens with zero attached hydrogens (tertiary/aromatic N) is 4. The first kappa shape index (κ1) is 60.0. The van der Waals surface area contributed by atoms with Gasteiger partial charge in [0.2, 0.25) is 23.6 Å². The van der Waals surface area contributed by atoms with Crippen LogP contribution in [0.15, 0.2) is 109 Å². The fraction of sp³-hybridized carbons (Fsp3) is 0.448. The number of carbonyl (C=O) groups is 6. The molecule has 6 amide bonds. The highest BCUT2D eigenvalue weighted by atomic mass is 19.4. The van der Waals surface area contributed by atoms with Gasteiger partial charge in [0.25, 0.3) is 0 Å². The standard InChI is InChI=1S/C58H68F6N8O6/c1-39(65-3)51(73)67-49(53(75)71-31-11-17-47(71)37-69(55(77)57(59,60)61)33-29-41-13-7-5-8-14-41)35-45-25-21-43(22-26-45)19-20-44-23-27-46(28-24-44)36-50(68-52(74)40(2)66-4)54(76)72-32-12-18-48(72)38-70(56(78)58(62,63)64)34-30-42-15-9-6-10-16-42/h5-10,13-16,21-28,39-40,47-50,65-66H,11-12,17-18,29-38H2,1-4H3,(H,67,73)(H,68,74)/t39-,40-,47-,48-,49-,50?/m0/s1. The molecule has 0 bridgehead atoms. The molecule has 0 radical (unpaired) electrons. The molecule has 0 aromatic heterocycles. The normalized spacial score (nSPS) is 17.0. The summed E-state index contributed by atoms with van der Waals surface area (Å²) in [5.74, 6) is 0.391. The molecular formula is C58H68F6N8O6. The minimum atomic E-state index is -5.11. The molecule has 0 saturated carbocycles. The third-order valence-corrected chi connectivity index (χ3v) is 14.3. The molecule has 20 heteroatoms. The fourth-order valence-electron chi connectivity index (χ4n) is 9.59. The van der Waals surface area contributed by atoms with Crippen molar-refractivity contribution in [3.05, 3.63) is 143 Å². The molecule has 6 rings (SSSR count). The van der Waals surface area contributed by atoms with Crippen molar-refractivity contribution in [1.29, 1.82) is 0 Å². The van der Waals surface area contributed by atoms with Crippen LogP contribution < -0.4 is 21.3 Å². The lowest BCUT2D eigenvalue weighted by Gasteiger charge is -2.34. The number of hydrogen-bond acceptors (Lipinski definition) is 8. The summed E-state index contributed by atoms with van der Waals surface area (Å²) in [4.78, 5) is 84.9. The van der Waals surface area contributed by atoms with Crippen molar-refractivity contribution in [3.8, 4) is 11.8 Å². The van der Waals surface area contributed by atoms with E-state index in [2.05, 4.69) is 33.1 Å². The van der Waals surface area contributed by atoms with Crippen molar-refractivity contribution in [1.82, 2.24) is 40.9 Å². The molecule has 4 aromatic rings. The minimum Gasteiger partial charge on any atom is -0.343 e. The third-order valence-electron chi connectivity index (χ3n) is 14.3. The second-order valence-electron chi connectivity index (χ2n) is 19.8. The van der Waals surface area contributed by atoms with E-state index in [4.69, 9.17) is 0 Å². The van der Waals surface area contributed by atoms with Gasteiger partial charge in [-0.25, -0.2) is 0 Å². The Morgan fingerprint density at radius 3 is 1.21 bits per heavy atom. The first-order chi connectivity index (χ1) is 37.1. The topological polar surface area (TPSA) is 164 Å². The Balaban J connectivity index is 1.13. The lowest BCUT2D eigenvalue weighted by atomic mass is 10.0. The lowest BCUT2D eigenvalue weighted by molar-refractivity contribution is -0.186. The molecular weight excluding hydrogens is 1020 g/mol. The zero-order valence-corrected chi connectivity index (χ0v) is 44.3. The molecule has 4 aromatic carbocycles. The van der Waals surface area contributed by atoms with E-state index in [1.165, 1.54) is 9.80 Å². The van der Waals surface area contributed by atoms with Crippen LogP contribution in [0, 0.1) is 11.8 Å². The Morgan fingerprint density at radius 1 is 0.538 bits per heavy atom. The number of halogens is 6. The zero-order valence-electron chi connectivity index (χ0n) is 44.3. The number of hydrogen-bond donors (Lipinski definition) is 4. The molecule has 4 N–H and O–H groups in total. The quantitative estimate of drug-likeness (QED) is 0.0584. The Labute approximate surface area is 451 Å². The average Bonchev–Trinajstić information content (AvgIpc) is 4.16. The van der Waals surface area contributed by atoms with Crippen LogP contribution in [-0.2, 0) is 54.5 Å². The van der Waals surface area contributed by atoms with Gasteiger partial charge in [-0.2, -0.15) is 26.3 Å². The molecule has 6 atom stereocenters. The molecule has 0 spiro atoms. The minimum absolute atomic E-state index is 0.0553. The fourth-order valence-corrected chi connectivity index (χ4v) is 9.59. The van der Waals surface area contributed by atoms with Crippen LogP contribution in [0.3, 0.4) is 0 Å². The van der Waals surface area contributed by atoms with Gasteiger partial charge in [-0.15, -0.1) is 0 Å². The number of benzene rings is 4. The van der Waals surface area contributed by atoms with Gasteiger partial charge in [0.05, 0.1) is 12.1 Å². The summed E-state index contributed by atoms with van der Waals surface area (Å²) in [6.07, 6.45) is -7.99. The molecule has 1 unspecified atom stereocenters. The summed E-state index contributed by atoms with van der Waals surface area (Å²) >= 11 is 0. The smallest absolute Gasteiger partial charge is 0.343 e. The van der Waals surface area contributed by atoms with Crippen LogP contribution in [0.5, 0.6) is 0 Å². The van der Waals surface area contributed by atoms with Crippen LogP contribution >= 0.6 is 0 Å². The van der Waals surface area contributed by atoms with Gasteiger partial charge in [-0.1, -0.05) is 96.8 Å². The molecule has 2 saturated heterocycles. The number of amides is 6. The van der Waals surface area contributed by atoms with Crippen molar-refractivity contribution < 1.29 is 55.1 Å². The SMILES string of the molecule is CN[C@@H](C)C(=O)NC(Cc1ccc(C#Cc2ccc(C[C@H](NC(=O)[C@H](C)NC)C(=O)N3CCC[C@H]3CN(CCc3ccccc3)C(=O)C(F)(F)F)cc2)cc1)C(=O)N1CCC[C@H]1CN(CCc1ccccc1)C(=O)C(F)(F)F. The summed E-state index contributed by atoms with van der Waals surface area (Å²) in [5.41, 5.74) is 4.09. The first-order valence-electron chi connectivity index (χ1n) is 26.2. The number of alkyl halides is 6. The molecule has 418 valence electrons. The Kier molecular flexibility index (Phi) is 21.4. The molecule has 2 aliphatic rings. The summed E-state index contributed by atoms with van der Waals surface area (Å²) in [6.45, 7) is 2.67. The van der Waals surface area contributed by atoms with Gasteiger partial charge in [-0.05, 0) is 113 Å². The largest absolute Gasteiger partial charge is 0.471 e. The van der Waals surface area contributed by atoms with E-state index in [9.17, 15) is 55.1 Å². The predicted octanol–water partition coefficient (Wildman–Crippen LogP) is 5.61. The number of likely N-dealkylation sites (N-methyl/N-ethyl adjacent to an activating group) is 2. The van der Waals surface area contributed by atoms with E-state index in [0.29, 0.717) is 47.9 Å². The number of carbonyl (C=O) groups excluding carboxylic acids is 6. The van der Waals surface area contributed by atoms with Crippen LogP contribution in [0.25, 0.3) is 0 Å². The van der Waals surface area contributed by atoms with Crippen molar-refractivity contribution >= 4 is 35.4 Å². The maximum atomic E-state index is 14.3. The summed E-state index contributed by atoms with van der Waals surface area (Å²) in [6, 6.07) is 26.8. The molecule has 78 heavy (non-hydrogen) atoms. The highest BCUT2D eigenvalue weighted by Crippen LogP contribution is 2.27. The first-order valence-corrected chi connectivity index (χ1v) is 26.2. The monoisotopic (exact) mass is 1090 g/mol. The maximum Gasteiger partial charge on any atom is 0.471 e. The number of rotatable bonds is 22. The van der Waals surface area contributed by atoms with E-state index in [-0.39, 0.29) is 65.0 Å². The average molecular weight is 1090 g/mol. The van der Waals surface area contributed by atoms with Crippen molar-refractivity contribution in [2.75, 3.05) is 53.4 Å². The molecule has 2 fully saturated rings. The van der Waals surface area contributed by atoms with Crippen molar-refractivity contribution in [2.45, 2.75) is 114 Å². The van der Waals surface area contributed by atoms with E-state index >= 15 is 0 Å². The zero-order chi connectivity index (χ0) is 56.6. The van der Waals surface area contributed by atoms with E-state index in [0.717, 1.165) is 20.9 Å². The van der Waals surface area contributed by atoms with E-state index in [1.54, 1.807) is 137 Å². The Morgan fingerprint density at radius 2 is 0.885 bits per heavy atom. The van der Waals surface area contributed by atoms with Gasteiger partial charge < -0.3 is 40.9 Å². The van der Waals surface area contributed by atoms with Crippen LogP contribution in [0.1, 0.15) is 72.9 Å². The molecule has 0 aliphatic carbocycles. The van der Waals surface area contributed by atoms with Crippen molar-refractivity contribution in [2.24, 2.45) is 0 Å². The van der Waals surface area contributed by atoms with E-state index < -0.39 is 84.0 Å². The predicted molar refractivity (Wildman–Crippen MR) is 282 cm³/mol. The van der Waals surface area contributed by atoms with Gasteiger partial charge in [0.1, 0.15) is 12.1 Å². The van der Waals surface area contributed by atoms with Gasteiger partial charge in [-0.3, -0.25) is 28.8 Å². The summed E-state index contributed by atoms with van der Waals surface area (Å²) < 4.78 is 83.1.